The lowest BCUT2D eigenvalue weighted by atomic mass is 10.1. The van der Waals surface area contributed by atoms with Gasteiger partial charge in [-0.05, 0) is 30.7 Å². The Morgan fingerprint density at radius 2 is 1.55 bits per heavy atom. The van der Waals surface area contributed by atoms with Crippen molar-refractivity contribution < 1.29 is 9.59 Å². The highest BCUT2D eigenvalue weighted by Gasteiger charge is 2.37. The van der Waals surface area contributed by atoms with E-state index in [9.17, 15) is 9.59 Å². The van der Waals surface area contributed by atoms with Gasteiger partial charge in [0.15, 0.2) is 0 Å². The van der Waals surface area contributed by atoms with Gasteiger partial charge in [-0.2, -0.15) is 0 Å². The van der Waals surface area contributed by atoms with E-state index < -0.39 is 0 Å². The van der Waals surface area contributed by atoms with Gasteiger partial charge in [-0.25, -0.2) is 4.90 Å². The summed E-state index contributed by atoms with van der Waals surface area (Å²) >= 11 is 0. The quantitative estimate of drug-likeness (QED) is 0.780. The van der Waals surface area contributed by atoms with Gasteiger partial charge in [0.25, 0.3) is 11.8 Å². The molecular weight excluding hydrogens is 250 g/mol. The maximum absolute atomic E-state index is 12.4. The fourth-order valence-corrected chi connectivity index (χ4v) is 2.39. The summed E-state index contributed by atoms with van der Waals surface area (Å²) in [4.78, 5) is 25.9. The maximum atomic E-state index is 12.4. The summed E-state index contributed by atoms with van der Waals surface area (Å²) in [5, 5.41) is 0. The molecule has 3 rings (SSSR count). The SMILES string of the molecule is C=C(c1cccc(C)c1)N1C(=O)c2ccccc2C1=O. The van der Waals surface area contributed by atoms with Gasteiger partial charge in [0.2, 0.25) is 0 Å². The zero-order chi connectivity index (χ0) is 14.3. The third-order valence-electron chi connectivity index (χ3n) is 3.42. The first-order chi connectivity index (χ1) is 9.59. The minimum Gasteiger partial charge on any atom is -0.268 e. The number of carbonyl (C=O) groups excluding carboxylic acids is 2. The first-order valence-corrected chi connectivity index (χ1v) is 6.33. The van der Waals surface area contributed by atoms with Gasteiger partial charge < -0.3 is 0 Å². The van der Waals surface area contributed by atoms with E-state index >= 15 is 0 Å². The molecule has 1 aliphatic rings. The van der Waals surface area contributed by atoms with Crippen LogP contribution in [0.25, 0.3) is 5.70 Å². The molecule has 0 saturated carbocycles. The molecule has 0 aliphatic carbocycles. The normalized spacial score (nSPS) is 13.6. The van der Waals surface area contributed by atoms with Crippen molar-refractivity contribution in [1.29, 1.82) is 0 Å². The molecule has 0 spiro atoms. The summed E-state index contributed by atoms with van der Waals surface area (Å²) in [5.41, 5.74) is 3.12. The van der Waals surface area contributed by atoms with E-state index in [1.54, 1.807) is 24.3 Å². The average molecular weight is 263 g/mol. The fraction of sp³-hybridized carbons (Fsp3) is 0.0588. The monoisotopic (exact) mass is 263 g/mol. The number of nitrogens with zero attached hydrogens (tertiary/aromatic N) is 1. The topological polar surface area (TPSA) is 37.4 Å². The lowest BCUT2D eigenvalue weighted by Gasteiger charge is -2.17. The van der Waals surface area contributed by atoms with Crippen LogP contribution in [0, 0.1) is 6.92 Å². The Bertz CT molecular complexity index is 711. The molecule has 3 heteroatoms. The van der Waals surface area contributed by atoms with Gasteiger partial charge in [-0.1, -0.05) is 42.5 Å². The molecule has 0 unspecified atom stereocenters. The van der Waals surface area contributed by atoms with Crippen LogP contribution in [0.2, 0.25) is 0 Å². The number of carbonyl (C=O) groups is 2. The van der Waals surface area contributed by atoms with E-state index in [1.807, 2.05) is 31.2 Å². The molecule has 0 N–H and O–H groups in total. The van der Waals surface area contributed by atoms with Crippen molar-refractivity contribution in [3.05, 3.63) is 77.4 Å². The molecule has 0 atom stereocenters. The second-order valence-corrected chi connectivity index (χ2v) is 4.81. The summed E-state index contributed by atoms with van der Waals surface area (Å²) in [5.74, 6) is -0.616. The molecule has 0 saturated heterocycles. The van der Waals surface area contributed by atoms with Crippen LogP contribution in [-0.4, -0.2) is 16.7 Å². The molecule has 98 valence electrons. The van der Waals surface area contributed by atoms with Crippen LogP contribution in [0.4, 0.5) is 0 Å². The third-order valence-corrected chi connectivity index (χ3v) is 3.42. The molecule has 1 heterocycles. The van der Waals surface area contributed by atoms with E-state index in [1.165, 1.54) is 0 Å². The Kier molecular flexibility index (Phi) is 2.75. The Hall–Kier alpha value is -2.68. The summed E-state index contributed by atoms with van der Waals surface area (Å²) < 4.78 is 0. The molecule has 1 aliphatic heterocycles. The number of imide groups is 1. The molecule has 3 nitrogen and oxygen atoms in total. The van der Waals surface area contributed by atoms with Crippen molar-refractivity contribution in [1.82, 2.24) is 4.90 Å². The van der Waals surface area contributed by atoms with Gasteiger partial charge in [0.1, 0.15) is 0 Å². The van der Waals surface area contributed by atoms with Gasteiger partial charge in [0, 0.05) is 0 Å². The Morgan fingerprint density at radius 3 is 2.10 bits per heavy atom. The zero-order valence-electron chi connectivity index (χ0n) is 11.1. The van der Waals surface area contributed by atoms with Crippen LogP contribution in [-0.2, 0) is 0 Å². The number of benzene rings is 2. The van der Waals surface area contributed by atoms with E-state index in [4.69, 9.17) is 0 Å². The van der Waals surface area contributed by atoms with E-state index in [2.05, 4.69) is 6.58 Å². The molecule has 0 fully saturated rings. The van der Waals surface area contributed by atoms with Gasteiger partial charge >= 0.3 is 0 Å². The minimum atomic E-state index is -0.308. The van der Waals surface area contributed by atoms with Crippen molar-refractivity contribution in [2.24, 2.45) is 0 Å². The van der Waals surface area contributed by atoms with Crippen molar-refractivity contribution in [3.63, 3.8) is 0 Å². The Labute approximate surface area is 117 Å². The van der Waals surface area contributed by atoms with Gasteiger partial charge in [0.05, 0.1) is 16.8 Å². The van der Waals surface area contributed by atoms with Crippen molar-refractivity contribution in [3.8, 4) is 0 Å². The fourth-order valence-electron chi connectivity index (χ4n) is 2.39. The molecule has 20 heavy (non-hydrogen) atoms. The number of rotatable bonds is 2. The standard InChI is InChI=1S/C17H13NO2/c1-11-6-5-7-13(10-11)12(2)18-16(19)14-8-3-4-9-15(14)17(18)20/h3-10H,2H2,1H3. The first-order valence-electron chi connectivity index (χ1n) is 6.33. The Balaban J connectivity index is 2.03. The van der Waals surface area contributed by atoms with Crippen LogP contribution >= 0.6 is 0 Å². The second kappa shape index (κ2) is 4.46. The number of hydrogen-bond acceptors (Lipinski definition) is 2. The smallest absolute Gasteiger partial charge is 0.266 e. The molecule has 0 bridgehead atoms. The second-order valence-electron chi connectivity index (χ2n) is 4.81. The number of amides is 2. The van der Waals surface area contributed by atoms with Crippen molar-refractivity contribution in [2.75, 3.05) is 0 Å². The first kappa shape index (κ1) is 12.4. The number of aryl methyl sites for hydroxylation is 1. The lowest BCUT2D eigenvalue weighted by molar-refractivity contribution is 0.0736. The maximum Gasteiger partial charge on any atom is 0.266 e. The number of fused-ring (bicyclic) bond motifs is 1. The minimum absolute atomic E-state index is 0.308. The van der Waals surface area contributed by atoms with Crippen molar-refractivity contribution in [2.45, 2.75) is 6.92 Å². The summed E-state index contributed by atoms with van der Waals surface area (Å²) in [6.07, 6.45) is 0. The Morgan fingerprint density at radius 1 is 0.950 bits per heavy atom. The molecule has 2 amide bonds. The van der Waals surface area contributed by atoms with Crippen LogP contribution in [0.3, 0.4) is 0 Å². The van der Waals surface area contributed by atoms with E-state index in [0.29, 0.717) is 16.8 Å². The summed E-state index contributed by atoms with van der Waals surface area (Å²) in [6.45, 7) is 5.87. The molecule has 0 aromatic heterocycles. The van der Waals surface area contributed by atoms with Crippen LogP contribution < -0.4 is 0 Å². The molecule has 0 radical (unpaired) electrons. The van der Waals surface area contributed by atoms with E-state index in [-0.39, 0.29) is 11.8 Å². The molecular formula is C17H13NO2. The van der Waals surface area contributed by atoms with E-state index in [0.717, 1.165) is 16.0 Å². The van der Waals surface area contributed by atoms with Crippen LogP contribution in [0.15, 0.2) is 55.1 Å². The van der Waals surface area contributed by atoms with Gasteiger partial charge in [-0.15, -0.1) is 0 Å². The van der Waals surface area contributed by atoms with Gasteiger partial charge in [-0.3, -0.25) is 9.59 Å². The highest BCUT2D eigenvalue weighted by molar-refractivity contribution is 6.25. The lowest BCUT2D eigenvalue weighted by Crippen LogP contribution is -2.27. The third kappa shape index (κ3) is 1.75. The van der Waals surface area contributed by atoms with Crippen LogP contribution in [0.1, 0.15) is 31.8 Å². The summed E-state index contributed by atoms with van der Waals surface area (Å²) in [7, 11) is 0. The predicted molar refractivity (Wildman–Crippen MR) is 77.2 cm³/mol. The zero-order valence-corrected chi connectivity index (χ0v) is 11.1. The molecule has 2 aromatic carbocycles. The predicted octanol–water partition coefficient (Wildman–Crippen LogP) is 3.26. The highest BCUT2D eigenvalue weighted by atomic mass is 16.2. The van der Waals surface area contributed by atoms with Crippen LogP contribution in [0.5, 0.6) is 0 Å². The highest BCUT2D eigenvalue weighted by Crippen LogP contribution is 2.29. The van der Waals surface area contributed by atoms with Crippen molar-refractivity contribution >= 4 is 17.5 Å². The largest absolute Gasteiger partial charge is 0.268 e. The molecule has 2 aromatic rings. The number of hydrogen-bond donors (Lipinski definition) is 0. The average Bonchev–Trinajstić information content (AvgIpc) is 2.71. The summed E-state index contributed by atoms with van der Waals surface area (Å²) in [6, 6.07) is 14.4.